The molecule has 0 aromatic heterocycles. The second-order valence-electron chi connectivity index (χ2n) is 23.2. The largest absolute Gasteiger partial charge is 0.454 e. The first-order chi connectivity index (χ1) is 39.7. The monoisotopic (exact) mass is 1140 g/mol. The summed E-state index contributed by atoms with van der Waals surface area (Å²) in [6, 6.07) is -1.04. The number of amides is 1. The van der Waals surface area contributed by atoms with Gasteiger partial charge < -0.3 is 45.1 Å². The Morgan fingerprint density at radius 3 is 1.33 bits per heavy atom. The average molecular weight is 1140 g/mol. The Bertz CT molecular complexity index is 1590. The predicted octanol–water partition coefficient (Wildman–Crippen LogP) is 16.7. The van der Waals surface area contributed by atoms with Gasteiger partial charge in [0, 0.05) is 6.42 Å². The highest BCUT2D eigenvalue weighted by Crippen LogP contribution is 2.26. The van der Waals surface area contributed by atoms with Crippen LogP contribution in [0.15, 0.2) is 72.9 Å². The van der Waals surface area contributed by atoms with Gasteiger partial charge in [0.15, 0.2) is 12.4 Å². The molecule has 1 aliphatic rings. The highest BCUT2D eigenvalue weighted by molar-refractivity contribution is 5.80. The number of aliphatic hydroxyl groups is 5. The van der Waals surface area contributed by atoms with E-state index in [9.17, 15) is 35.1 Å². The van der Waals surface area contributed by atoms with E-state index in [0.29, 0.717) is 12.8 Å². The standard InChI is InChI=1S/C70H125NO10/c1-4-7-10-13-16-19-22-24-26-28-30-32-34-36-38-40-43-46-49-52-55-58-65(75)81-68-67(77)66(76)64(59-72)80-70(68)79-60-61(62(73)56-53-50-47-44-41-21-18-15-12-9-6-3)71-69(78)63(74)57-54-51-48-45-42-39-37-35-33-31-29-27-25-23-20-17-14-11-8-5-2/h8,11,17,20,25,27,31,33,37,39,53,56,61-64,66-68,70,72-74,76-77H,4-7,9-10,12-16,18-19,21-24,26,28-30,32,34-36,38,40-52,54-55,57-60H2,1-3H3,(H,71,78)/b11-8-,20-17-,27-25-,33-31-,39-37-,56-53+. The molecule has 0 bridgehead atoms. The highest BCUT2D eigenvalue weighted by Gasteiger charge is 2.47. The van der Waals surface area contributed by atoms with Crippen molar-refractivity contribution in [2.24, 2.45) is 0 Å². The van der Waals surface area contributed by atoms with E-state index < -0.39 is 67.4 Å². The van der Waals surface area contributed by atoms with Crippen molar-refractivity contribution in [3.8, 4) is 0 Å². The summed E-state index contributed by atoms with van der Waals surface area (Å²) in [5, 5.41) is 57.1. The van der Waals surface area contributed by atoms with E-state index >= 15 is 0 Å². The molecule has 1 amide bonds. The van der Waals surface area contributed by atoms with E-state index in [-0.39, 0.29) is 19.4 Å². The molecule has 8 unspecified atom stereocenters. The molecule has 0 aliphatic carbocycles. The Morgan fingerprint density at radius 2 is 0.889 bits per heavy atom. The fraction of sp³-hybridized carbons (Fsp3) is 0.800. The van der Waals surface area contributed by atoms with E-state index in [4.69, 9.17) is 14.2 Å². The molecule has 8 atom stereocenters. The zero-order valence-electron chi connectivity index (χ0n) is 52.1. The zero-order chi connectivity index (χ0) is 58.9. The van der Waals surface area contributed by atoms with Gasteiger partial charge in [-0.15, -0.1) is 0 Å². The molecule has 0 aromatic rings. The number of carbonyl (C=O) groups excluding carboxylic acids is 2. The van der Waals surface area contributed by atoms with E-state index in [2.05, 4.69) is 86.8 Å². The first-order valence-corrected chi connectivity index (χ1v) is 33.7. The van der Waals surface area contributed by atoms with Gasteiger partial charge in [0.05, 0.1) is 25.4 Å². The third-order valence-corrected chi connectivity index (χ3v) is 15.6. The predicted molar refractivity (Wildman–Crippen MR) is 338 cm³/mol. The second kappa shape index (κ2) is 57.5. The van der Waals surface area contributed by atoms with Gasteiger partial charge in [0.1, 0.15) is 24.4 Å². The summed E-state index contributed by atoms with van der Waals surface area (Å²) < 4.78 is 17.7. The zero-order valence-corrected chi connectivity index (χ0v) is 52.1. The maximum absolute atomic E-state index is 13.4. The van der Waals surface area contributed by atoms with Crippen molar-refractivity contribution < 1.29 is 49.3 Å². The number of rotatable bonds is 57. The van der Waals surface area contributed by atoms with Gasteiger partial charge >= 0.3 is 5.97 Å². The molecule has 1 aliphatic heterocycles. The molecule has 6 N–H and O–H groups in total. The summed E-state index contributed by atoms with van der Waals surface area (Å²) in [7, 11) is 0. The third-order valence-electron chi connectivity index (χ3n) is 15.6. The molecule has 0 spiro atoms. The number of ether oxygens (including phenoxy) is 3. The van der Waals surface area contributed by atoms with Crippen LogP contribution in [-0.4, -0.2) is 99.6 Å². The molecule has 0 aromatic carbocycles. The number of unbranched alkanes of at least 4 members (excludes halogenated alkanes) is 33. The minimum atomic E-state index is -1.62. The van der Waals surface area contributed by atoms with Gasteiger partial charge in [-0.05, 0) is 70.6 Å². The molecule has 1 fully saturated rings. The van der Waals surface area contributed by atoms with Gasteiger partial charge in [-0.1, -0.05) is 293 Å². The molecular weight excluding hydrogens is 1010 g/mol. The van der Waals surface area contributed by atoms with Crippen molar-refractivity contribution in [3.63, 3.8) is 0 Å². The molecular formula is C70H125NO10. The SMILES string of the molecule is CC/C=C\C/C=C\C/C=C\C/C=C\C/C=C\CCCCCCC(O)C(=O)NC(COC1OC(CO)C(O)C(O)C1OC(=O)CCCCCCCCCCCCCCCCCCCCCCC)C(O)/C=C/CCCCCCCCCCC. The average Bonchev–Trinajstić information content (AvgIpc) is 3.51. The fourth-order valence-corrected chi connectivity index (χ4v) is 10.3. The van der Waals surface area contributed by atoms with Crippen LogP contribution >= 0.6 is 0 Å². The van der Waals surface area contributed by atoms with Gasteiger partial charge in [-0.2, -0.15) is 0 Å². The molecule has 11 heteroatoms. The summed E-state index contributed by atoms with van der Waals surface area (Å²) >= 11 is 0. The molecule has 470 valence electrons. The summed E-state index contributed by atoms with van der Waals surface area (Å²) in [4.78, 5) is 26.6. The maximum atomic E-state index is 13.4. The summed E-state index contributed by atoms with van der Waals surface area (Å²) in [6.45, 7) is 5.68. The Morgan fingerprint density at radius 1 is 0.494 bits per heavy atom. The minimum absolute atomic E-state index is 0.123. The molecule has 0 saturated carbocycles. The van der Waals surface area contributed by atoms with Crippen molar-refractivity contribution >= 4 is 11.9 Å². The van der Waals surface area contributed by atoms with Crippen molar-refractivity contribution in [2.45, 2.75) is 346 Å². The van der Waals surface area contributed by atoms with Gasteiger partial charge in [0.25, 0.3) is 0 Å². The Kier molecular flexibility index (Phi) is 54.1. The minimum Gasteiger partial charge on any atom is -0.454 e. The van der Waals surface area contributed by atoms with E-state index in [1.807, 2.05) is 6.08 Å². The van der Waals surface area contributed by atoms with Crippen molar-refractivity contribution in [2.75, 3.05) is 13.2 Å². The lowest BCUT2D eigenvalue weighted by molar-refractivity contribution is -0.305. The number of allylic oxidation sites excluding steroid dienone is 11. The van der Waals surface area contributed by atoms with Gasteiger partial charge in [-0.3, -0.25) is 9.59 Å². The molecule has 81 heavy (non-hydrogen) atoms. The first kappa shape index (κ1) is 76.1. The lowest BCUT2D eigenvalue weighted by atomic mass is 9.99. The van der Waals surface area contributed by atoms with Crippen LogP contribution in [0.3, 0.4) is 0 Å². The normalized spacial score (nSPS) is 19.1. The Labute approximate surface area is 496 Å². The Hall–Kier alpha value is -2.90. The molecule has 0 radical (unpaired) electrons. The third kappa shape index (κ3) is 45.2. The van der Waals surface area contributed by atoms with Crippen LogP contribution in [0, 0.1) is 0 Å². The van der Waals surface area contributed by atoms with Crippen molar-refractivity contribution in [3.05, 3.63) is 72.9 Å². The maximum Gasteiger partial charge on any atom is 0.306 e. The Balaban J connectivity index is 2.61. The number of aliphatic hydroxyl groups excluding tert-OH is 5. The lowest BCUT2D eigenvalue weighted by Crippen LogP contribution is -2.61. The summed E-state index contributed by atoms with van der Waals surface area (Å²) in [6.07, 6.45) is 63.7. The van der Waals surface area contributed by atoms with Crippen LogP contribution < -0.4 is 5.32 Å². The smallest absolute Gasteiger partial charge is 0.306 e. The lowest BCUT2D eigenvalue weighted by Gasteiger charge is -2.41. The van der Waals surface area contributed by atoms with Crippen LogP contribution in [0.4, 0.5) is 0 Å². The fourth-order valence-electron chi connectivity index (χ4n) is 10.3. The molecule has 1 rings (SSSR count). The number of nitrogens with one attached hydrogen (secondary N) is 1. The quantitative estimate of drug-likeness (QED) is 0.0195. The van der Waals surface area contributed by atoms with Crippen molar-refractivity contribution in [1.82, 2.24) is 5.32 Å². The molecule has 1 heterocycles. The van der Waals surface area contributed by atoms with Crippen LogP contribution in [0.1, 0.15) is 297 Å². The number of esters is 1. The summed E-state index contributed by atoms with van der Waals surface area (Å²) in [5.74, 6) is -1.21. The highest BCUT2D eigenvalue weighted by atomic mass is 16.7. The van der Waals surface area contributed by atoms with E-state index in [1.165, 1.54) is 154 Å². The second-order valence-corrected chi connectivity index (χ2v) is 23.2. The molecule has 11 nitrogen and oxygen atoms in total. The van der Waals surface area contributed by atoms with Gasteiger partial charge in [-0.25, -0.2) is 0 Å². The number of hydrogen-bond donors (Lipinski definition) is 6. The van der Waals surface area contributed by atoms with Crippen LogP contribution in [0.25, 0.3) is 0 Å². The summed E-state index contributed by atoms with van der Waals surface area (Å²) in [5.41, 5.74) is 0. The van der Waals surface area contributed by atoms with E-state index in [1.54, 1.807) is 6.08 Å². The van der Waals surface area contributed by atoms with Crippen molar-refractivity contribution in [1.29, 1.82) is 0 Å². The molecule has 1 saturated heterocycles. The van der Waals surface area contributed by atoms with E-state index in [0.717, 1.165) is 96.3 Å². The number of carbonyl (C=O) groups is 2. The van der Waals surface area contributed by atoms with Crippen LogP contribution in [0.2, 0.25) is 0 Å². The van der Waals surface area contributed by atoms with Crippen LogP contribution in [0.5, 0.6) is 0 Å². The first-order valence-electron chi connectivity index (χ1n) is 33.7. The van der Waals surface area contributed by atoms with Gasteiger partial charge in [0.2, 0.25) is 5.91 Å². The van der Waals surface area contributed by atoms with Crippen LogP contribution in [-0.2, 0) is 23.8 Å². The topological polar surface area (TPSA) is 175 Å². The number of hydrogen-bond acceptors (Lipinski definition) is 10.